The number of hydrogen-bond donors (Lipinski definition) is 3. The van der Waals surface area contributed by atoms with Gasteiger partial charge < -0.3 is 13.8 Å². The second-order valence-corrected chi connectivity index (χ2v) is 6.71. The summed E-state index contributed by atoms with van der Waals surface area (Å²) in [5.74, 6) is 0. The number of aryl methyl sites for hydroxylation is 1. The quantitative estimate of drug-likeness (QED) is 0.367. The van der Waals surface area contributed by atoms with Gasteiger partial charge in [-0.1, -0.05) is 0 Å². The van der Waals surface area contributed by atoms with E-state index >= 15 is 0 Å². The Morgan fingerprint density at radius 2 is 2.26 bits per heavy atom. The summed E-state index contributed by atoms with van der Waals surface area (Å²) in [4.78, 5) is 34.7. The van der Waals surface area contributed by atoms with E-state index in [1.807, 2.05) is 0 Å². The Bertz CT molecular complexity index is 719. The van der Waals surface area contributed by atoms with Gasteiger partial charge in [0.1, 0.15) is 18.4 Å². The van der Waals surface area contributed by atoms with Gasteiger partial charge in [0.15, 0.2) is 0 Å². The number of aromatic amines is 1. The van der Waals surface area contributed by atoms with Crippen LogP contribution >= 0.6 is 20.7 Å². The van der Waals surface area contributed by atoms with Gasteiger partial charge >= 0.3 is 13.5 Å². The molecule has 10 nitrogen and oxygen atoms in total. The highest BCUT2D eigenvalue weighted by Gasteiger charge is 2.39. The number of thiol groups is 1. The van der Waals surface area contributed by atoms with E-state index in [4.69, 9.17) is 13.4 Å². The zero-order chi connectivity index (χ0) is 17.2. The molecule has 0 aromatic carbocycles. The van der Waals surface area contributed by atoms with Crippen LogP contribution in [-0.2, 0) is 22.5 Å². The van der Waals surface area contributed by atoms with Gasteiger partial charge in [-0.15, -0.1) is 0 Å². The van der Waals surface area contributed by atoms with E-state index in [1.54, 1.807) is 6.92 Å². The summed E-state index contributed by atoms with van der Waals surface area (Å²) >= 11 is 3.74. The molecule has 0 amide bonds. The molecule has 23 heavy (non-hydrogen) atoms. The van der Waals surface area contributed by atoms with E-state index in [2.05, 4.69) is 22.4 Å². The van der Waals surface area contributed by atoms with Crippen molar-refractivity contribution in [2.75, 3.05) is 13.7 Å². The van der Waals surface area contributed by atoms with E-state index in [0.29, 0.717) is 5.56 Å². The second-order valence-electron chi connectivity index (χ2n) is 4.93. The van der Waals surface area contributed by atoms with Gasteiger partial charge in [-0.3, -0.25) is 23.4 Å². The molecular formula is C11H17N2O8PS. The van der Waals surface area contributed by atoms with Crippen LogP contribution in [0.3, 0.4) is 0 Å². The molecule has 2 unspecified atom stereocenters. The number of hydrogen-bond acceptors (Lipinski definition) is 8. The molecule has 1 aliphatic heterocycles. The van der Waals surface area contributed by atoms with Crippen LogP contribution < -0.4 is 11.2 Å². The molecule has 12 heteroatoms. The van der Waals surface area contributed by atoms with Gasteiger partial charge in [0.25, 0.3) is 5.56 Å². The Balaban J connectivity index is 2.15. The van der Waals surface area contributed by atoms with Gasteiger partial charge in [-0.05, 0) is 19.8 Å². The van der Waals surface area contributed by atoms with E-state index in [0.717, 1.165) is 7.11 Å². The molecule has 1 saturated heterocycles. The van der Waals surface area contributed by atoms with Crippen LogP contribution in [0.25, 0.3) is 0 Å². The van der Waals surface area contributed by atoms with Crippen LogP contribution in [-0.4, -0.2) is 40.4 Å². The Kier molecular flexibility index (Phi) is 5.84. The Morgan fingerprint density at radius 1 is 1.57 bits per heavy atom. The lowest BCUT2D eigenvalue weighted by Crippen LogP contribution is -2.33. The molecule has 1 aromatic rings. The lowest BCUT2D eigenvalue weighted by atomic mass is 10.2. The van der Waals surface area contributed by atoms with Gasteiger partial charge in [0, 0.05) is 25.3 Å². The molecule has 4 atom stereocenters. The monoisotopic (exact) mass is 368 g/mol. The average molecular weight is 368 g/mol. The van der Waals surface area contributed by atoms with Crippen molar-refractivity contribution in [1.29, 1.82) is 0 Å². The van der Waals surface area contributed by atoms with Crippen LogP contribution in [0.15, 0.2) is 15.8 Å². The summed E-state index contributed by atoms with van der Waals surface area (Å²) in [6.45, 7) is 1.26. The highest BCUT2D eigenvalue weighted by Crippen LogP contribution is 2.43. The lowest BCUT2D eigenvalue weighted by Gasteiger charge is -2.18. The van der Waals surface area contributed by atoms with E-state index in [-0.39, 0.29) is 13.0 Å². The molecule has 1 aliphatic rings. The highest BCUT2D eigenvalue weighted by atomic mass is 32.1. The predicted octanol–water partition coefficient (Wildman–Crippen LogP) is 0.126. The zero-order valence-corrected chi connectivity index (χ0v) is 14.2. The first kappa shape index (κ1) is 18.4. The molecule has 130 valence electrons. The minimum absolute atomic E-state index is 0.242. The molecule has 1 fully saturated rings. The van der Waals surface area contributed by atoms with Gasteiger partial charge in [0.05, 0.1) is 6.61 Å². The van der Waals surface area contributed by atoms with Crippen molar-refractivity contribution in [2.24, 2.45) is 0 Å². The lowest BCUT2D eigenvalue weighted by molar-refractivity contribution is -0.0398. The smallest absolute Gasteiger partial charge is 0.349 e. The molecule has 2 rings (SSSR count). The number of phosphoric ester groups is 1. The highest BCUT2D eigenvalue weighted by molar-refractivity contribution is 7.75. The molecule has 0 radical (unpaired) electrons. The first-order valence-corrected chi connectivity index (χ1v) is 8.44. The van der Waals surface area contributed by atoms with Gasteiger partial charge in [-0.25, -0.2) is 9.36 Å². The summed E-state index contributed by atoms with van der Waals surface area (Å²) in [6, 6.07) is 0. The minimum atomic E-state index is -4.16. The van der Waals surface area contributed by atoms with Crippen LogP contribution in [0.1, 0.15) is 18.2 Å². The fourth-order valence-electron chi connectivity index (χ4n) is 2.15. The van der Waals surface area contributed by atoms with Crippen molar-refractivity contribution < 1.29 is 27.4 Å². The zero-order valence-electron chi connectivity index (χ0n) is 12.4. The number of H-pyrrole nitrogens is 1. The number of nitrogens with zero attached hydrogens (tertiary/aromatic N) is 1. The number of aromatic nitrogens is 2. The molecule has 0 bridgehead atoms. The molecule has 0 aliphatic carbocycles. The van der Waals surface area contributed by atoms with Crippen molar-refractivity contribution in [1.82, 2.24) is 9.55 Å². The normalized spacial score (nSPS) is 27.0. The van der Waals surface area contributed by atoms with Crippen LogP contribution in [0.5, 0.6) is 0 Å². The standard InChI is InChI=1S/C11H17N2O8PS/c1-6-4-13(11(15)12-10(6)14)9-3-7(21-23)8(20-9)5-19-22(16,17)18-2/h4,7-9,23H,3,5H2,1-2H3,(H,16,17)(H,12,14,15)/t7?,8-,9-/m1/s1. The Morgan fingerprint density at radius 3 is 2.87 bits per heavy atom. The summed E-state index contributed by atoms with van der Waals surface area (Å²) in [7, 11) is -3.12. The fourth-order valence-corrected chi connectivity index (χ4v) is 2.82. The molecule has 2 N–H and O–H groups in total. The van der Waals surface area contributed by atoms with Gasteiger partial charge in [0.2, 0.25) is 0 Å². The third-order valence-corrected chi connectivity index (χ3v) is 4.61. The van der Waals surface area contributed by atoms with Crippen LogP contribution in [0.2, 0.25) is 0 Å². The topological polar surface area (TPSA) is 129 Å². The average Bonchev–Trinajstić information content (AvgIpc) is 2.92. The van der Waals surface area contributed by atoms with Crippen molar-refractivity contribution in [3.05, 3.63) is 32.6 Å². The number of nitrogens with one attached hydrogen (secondary N) is 1. The maximum absolute atomic E-state index is 11.9. The number of phosphoric acid groups is 1. The third-order valence-electron chi connectivity index (χ3n) is 3.40. The summed E-state index contributed by atoms with van der Waals surface area (Å²) in [5, 5.41) is 0. The van der Waals surface area contributed by atoms with Gasteiger partial charge in [-0.2, -0.15) is 0 Å². The minimum Gasteiger partial charge on any atom is -0.349 e. The fraction of sp³-hybridized carbons (Fsp3) is 0.636. The van der Waals surface area contributed by atoms with E-state index in [9.17, 15) is 19.0 Å². The van der Waals surface area contributed by atoms with Crippen LogP contribution in [0.4, 0.5) is 0 Å². The number of ether oxygens (including phenoxy) is 1. The summed E-state index contributed by atoms with van der Waals surface area (Å²) in [6.07, 6.45) is -0.446. The predicted molar refractivity (Wildman–Crippen MR) is 81.2 cm³/mol. The molecule has 1 aromatic heterocycles. The van der Waals surface area contributed by atoms with Crippen molar-refractivity contribution in [2.45, 2.75) is 31.8 Å². The third kappa shape index (κ3) is 4.32. The first-order chi connectivity index (χ1) is 10.8. The molecule has 2 heterocycles. The Labute approximate surface area is 136 Å². The van der Waals surface area contributed by atoms with Crippen molar-refractivity contribution in [3.63, 3.8) is 0 Å². The SMILES string of the molecule is COP(=O)(O)OC[C@H]1O[C@@H](n2cc(C)c(=O)[nH]c2=O)CC1OS. The molecule has 0 saturated carbocycles. The summed E-state index contributed by atoms with van der Waals surface area (Å²) in [5.41, 5.74) is -0.766. The second kappa shape index (κ2) is 7.31. The van der Waals surface area contributed by atoms with Crippen LogP contribution in [0, 0.1) is 6.92 Å². The largest absolute Gasteiger partial charge is 0.472 e. The molecular weight excluding hydrogens is 351 g/mol. The number of rotatable bonds is 6. The maximum Gasteiger partial charge on any atom is 0.472 e. The van der Waals surface area contributed by atoms with E-state index in [1.165, 1.54) is 10.8 Å². The Hall–Kier alpha value is -0.940. The van der Waals surface area contributed by atoms with E-state index < -0.39 is 37.5 Å². The summed E-state index contributed by atoms with van der Waals surface area (Å²) < 4.78 is 32.2. The van der Waals surface area contributed by atoms with Crippen molar-refractivity contribution >= 4 is 20.7 Å². The maximum atomic E-state index is 11.9. The first-order valence-electron chi connectivity index (χ1n) is 6.58. The molecule has 0 spiro atoms. The van der Waals surface area contributed by atoms with Crippen molar-refractivity contribution in [3.8, 4) is 0 Å².